The second-order valence-electron chi connectivity index (χ2n) is 10.1. The van der Waals surface area contributed by atoms with Gasteiger partial charge < -0.3 is 9.80 Å². The van der Waals surface area contributed by atoms with Gasteiger partial charge in [0, 0.05) is 31.5 Å². The zero-order chi connectivity index (χ0) is 27.8. The van der Waals surface area contributed by atoms with Crippen molar-refractivity contribution in [1.82, 2.24) is 20.1 Å². The lowest BCUT2D eigenvalue weighted by Gasteiger charge is -2.44. The first-order valence-electron chi connectivity index (χ1n) is 12.8. The van der Waals surface area contributed by atoms with Crippen molar-refractivity contribution in [2.24, 2.45) is 0 Å². The van der Waals surface area contributed by atoms with Gasteiger partial charge in [-0.2, -0.15) is 13.2 Å². The Kier molecular flexibility index (Phi) is 7.15. The van der Waals surface area contributed by atoms with Gasteiger partial charge in [0.25, 0.3) is 5.91 Å². The van der Waals surface area contributed by atoms with Gasteiger partial charge in [0.1, 0.15) is 11.5 Å². The number of hydrogen-bond acceptors (Lipinski definition) is 4. The van der Waals surface area contributed by atoms with Gasteiger partial charge in [0.05, 0.1) is 29.5 Å². The van der Waals surface area contributed by atoms with E-state index in [0.717, 1.165) is 17.7 Å². The molecule has 2 amide bonds. The third-order valence-electron chi connectivity index (χ3n) is 7.58. The number of aromatic nitrogens is 1. The van der Waals surface area contributed by atoms with E-state index in [1.165, 1.54) is 13.0 Å². The van der Waals surface area contributed by atoms with Crippen molar-refractivity contribution < 1.29 is 27.2 Å². The molecule has 2 saturated heterocycles. The van der Waals surface area contributed by atoms with Crippen LogP contribution in [0.25, 0.3) is 0 Å². The van der Waals surface area contributed by atoms with Crippen molar-refractivity contribution in [1.29, 1.82) is 0 Å². The fourth-order valence-electron chi connectivity index (χ4n) is 5.49. The third-order valence-corrected chi connectivity index (χ3v) is 7.58. The maximum atomic E-state index is 14.6. The minimum Gasteiger partial charge on any atom is -0.338 e. The van der Waals surface area contributed by atoms with Crippen molar-refractivity contribution in [3.05, 3.63) is 101 Å². The second-order valence-corrected chi connectivity index (χ2v) is 10.1. The van der Waals surface area contributed by atoms with Gasteiger partial charge >= 0.3 is 6.18 Å². The minimum absolute atomic E-state index is 0.00776. The highest BCUT2D eigenvalue weighted by molar-refractivity contribution is 5.95. The number of carbonyl (C=O) groups excluding carboxylic acids is 2. The number of pyridine rings is 1. The number of nitrogens with one attached hydrogen (secondary N) is 1. The van der Waals surface area contributed by atoms with Crippen LogP contribution in [0.15, 0.2) is 66.7 Å². The van der Waals surface area contributed by atoms with Crippen LogP contribution < -0.4 is 5.32 Å². The van der Waals surface area contributed by atoms with Crippen molar-refractivity contribution in [3.8, 4) is 0 Å². The molecule has 0 radical (unpaired) electrons. The molecule has 1 N–H and O–H groups in total. The zero-order valence-corrected chi connectivity index (χ0v) is 21.3. The van der Waals surface area contributed by atoms with E-state index in [0.29, 0.717) is 24.8 Å². The van der Waals surface area contributed by atoms with Gasteiger partial charge in [-0.25, -0.2) is 9.37 Å². The molecule has 2 aromatic carbocycles. The first kappa shape index (κ1) is 26.8. The average molecular weight is 541 g/mol. The Morgan fingerprint density at radius 3 is 2.33 bits per heavy atom. The number of piperidine rings is 1. The Labute approximate surface area is 223 Å². The molecule has 2 fully saturated rings. The number of hydrogen-bond donors (Lipinski definition) is 1. The highest BCUT2D eigenvalue weighted by Gasteiger charge is 2.52. The summed E-state index contributed by atoms with van der Waals surface area (Å²) in [7, 11) is 0. The zero-order valence-electron chi connectivity index (χ0n) is 21.3. The van der Waals surface area contributed by atoms with Crippen LogP contribution in [0, 0.1) is 12.7 Å². The molecule has 204 valence electrons. The Morgan fingerprint density at radius 1 is 1.03 bits per heavy atom. The molecule has 0 saturated carbocycles. The largest absolute Gasteiger partial charge is 0.433 e. The number of aryl methyl sites for hydroxylation is 1. The average Bonchev–Trinajstić information content (AvgIpc) is 3.15. The summed E-state index contributed by atoms with van der Waals surface area (Å²) in [5.74, 6) is -0.941. The van der Waals surface area contributed by atoms with Crippen molar-refractivity contribution >= 4 is 11.8 Å². The standard InChI is InChI=1S/C29H28F4N4O2/c1-19-22(11-12-25(34-19)29(31,32)33)26(38)36-15-13-28(14-16-36)35-24(17-20-7-3-2-4-8-20)27(39)37(28)18-21-9-5-6-10-23(21)30/h2-12,24,35H,13-18H2,1H3. The molecule has 39 heavy (non-hydrogen) atoms. The van der Waals surface area contributed by atoms with Gasteiger partial charge in [-0.05, 0) is 37.1 Å². The first-order valence-corrected chi connectivity index (χ1v) is 12.8. The van der Waals surface area contributed by atoms with Crippen LogP contribution in [0.1, 0.15) is 45.7 Å². The fourth-order valence-corrected chi connectivity index (χ4v) is 5.49. The first-order chi connectivity index (χ1) is 18.6. The van der Waals surface area contributed by atoms with Crippen LogP contribution in [-0.2, 0) is 23.9 Å². The molecule has 1 aromatic heterocycles. The Bertz CT molecular complexity index is 1370. The highest BCUT2D eigenvalue weighted by atomic mass is 19.4. The van der Waals surface area contributed by atoms with E-state index >= 15 is 0 Å². The van der Waals surface area contributed by atoms with Crippen LogP contribution in [0.4, 0.5) is 17.6 Å². The molecule has 2 aliphatic rings. The number of rotatable bonds is 5. The van der Waals surface area contributed by atoms with E-state index in [1.54, 1.807) is 28.0 Å². The monoisotopic (exact) mass is 540 g/mol. The molecule has 1 unspecified atom stereocenters. The van der Waals surface area contributed by atoms with E-state index in [2.05, 4.69) is 10.3 Å². The lowest BCUT2D eigenvalue weighted by molar-refractivity contribution is -0.141. The van der Waals surface area contributed by atoms with E-state index in [-0.39, 0.29) is 36.8 Å². The third kappa shape index (κ3) is 5.38. The van der Waals surface area contributed by atoms with E-state index < -0.39 is 35.3 Å². The van der Waals surface area contributed by atoms with Crippen LogP contribution in [0.3, 0.4) is 0 Å². The molecular formula is C29H28F4N4O2. The van der Waals surface area contributed by atoms with Crippen molar-refractivity contribution in [2.75, 3.05) is 13.1 Å². The molecule has 3 aromatic rings. The molecule has 3 heterocycles. The van der Waals surface area contributed by atoms with Crippen LogP contribution >= 0.6 is 0 Å². The Morgan fingerprint density at radius 2 is 1.69 bits per heavy atom. The minimum atomic E-state index is -4.59. The predicted octanol–water partition coefficient (Wildman–Crippen LogP) is 4.72. The number of likely N-dealkylation sites (tertiary alicyclic amines) is 1. The fraction of sp³-hybridized carbons (Fsp3) is 0.345. The van der Waals surface area contributed by atoms with Crippen molar-refractivity contribution in [2.45, 2.75) is 50.6 Å². The number of amides is 2. The van der Waals surface area contributed by atoms with Crippen molar-refractivity contribution in [3.63, 3.8) is 0 Å². The summed E-state index contributed by atoms with van der Waals surface area (Å²) in [5.41, 5.74) is -0.325. The Hall–Kier alpha value is -3.79. The molecule has 6 nitrogen and oxygen atoms in total. The predicted molar refractivity (Wildman–Crippen MR) is 136 cm³/mol. The summed E-state index contributed by atoms with van der Waals surface area (Å²) < 4.78 is 53.6. The van der Waals surface area contributed by atoms with Gasteiger partial charge in [0.15, 0.2) is 0 Å². The van der Waals surface area contributed by atoms with Crippen LogP contribution in [0.5, 0.6) is 0 Å². The van der Waals surface area contributed by atoms with Gasteiger partial charge in [-0.15, -0.1) is 0 Å². The van der Waals surface area contributed by atoms with E-state index in [4.69, 9.17) is 0 Å². The summed E-state index contributed by atoms with van der Waals surface area (Å²) >= 11 is 0. The lowest BCUT2D eigenvalue weighted by Crippen LogP contribution is -2.59. The molecule has 1 spiro atoms. The summed E-state index contributed by atoms with van der Waals surface area (Å²) in [6, 6.07) is 17.4. The lowest BCUT2D eigenvalue weighted by atomic mass is 9.94. The molecule has 10 heteroatoms. The van der Waals surface area contributed by atoms with E-state index in [1.807, 2.05) is 30.3 Å². The maximum absolute atomic E-state index is 14.6. The second kappa shape index (κ2) is 10.4. The number of carbonyl (C=O) groups is 2. The van der Waals surface area contributed by atoms with Gasteiger partial charge in [-0.3, -0.25) is 14.9 Å². The van der Waals surface area contributed by atoms with Crippen LogP contribution in [-0.4, -0.2) is 51.4 Å². The highest BCUT2D eigenvalue weighted by Crippen LogP contribution is 2.36. The normalized spacial score (nSPS) is 19.1. The van der Waals surface area contributed by atoms with Gasteiger partial charge in [0.2, 0.25) is 5.91 Å². The van der Waals surface area contributed by atoms with Gasteiger partial charge in [-0.1, -0.05) is 48.5 Å². The summed E-state index contributed by atoms with van der Waals surface area (Å²) in [6.07, 6.45) is -3.36. The van der Waals surface area contributed by atoms with Crippen LogP contribution in [0.2, 0.25) is 0 Å². The number of nitrogens with zero attached hydrogens (tertiary/aromatic N) is 3. The summed E-state index contributed by atoms with van der Waals surface area (Å²) in [6.45, 7) is 2.01. The number of benzene rings is 2. The molecular weight excluding hydrogens is 512 g/mol. The summed E-state index contributed by atoms with van der Waals surface area (Å²) in [4.78, 5) is 33.7. The molecule has 0 bridgehead atoms. The topological polar surface area (TPSA) is 65.5 Å². The maximum Gasteiger partial charge on any atom is 0.433 e. The molecule has 5 rings (SSSR count). The molecule has 1 atom stereocenters. The molecule has 2 aliphatic heterocycles. The van der Waals surface area contributed by atoms with E-state index in [9.17, 15) is 27.2 Å². The summed E-state index contributed by atoms with van der Waals surface area (Å²) in [5, 5.41) is 3.51. The molecule has 0 aliphatic carbocycles. The smallest absolute Gasteiger partial charge is 0.338 e. The Balaban J connectivity index is 1.36. The number of alkyl halides is 3. The SMILES string of the molecule is Cc1nc(C(F)(F)F)ccc1C(=O)N1CCC2(CC1)NC(Cc1ccccc1)C(=O)N2Cc1ccccc1F. The number of halogens is 4. The quantitative estimate of drug-likeness (QED) is 0.476.